The Bertz CT molecular complexity index is 206. The van der Waals surface area contributed by atoms with Crippen LogP contribution in [0.15, 0.2) is 10.4 Å². The highest BCUT2D eigenvalue weighted by Crippen LogP contribution is 2.46. The third-order valence-electron chi connectivity index (χ3n) is 0.985. The zero-order valence-electron chi connectivity index (χ0n) is 5.48. The molecule has 13 heavy (non-hydrogen) atoms. The molecule has 0 amide bonds. The van der Waals surface area contributed by atoms with E-state index in [1.807, 2.05) is 0 Å². The van der Waals surface area contributed by atoms with Crippen LogP contribution in [0.25, 0.3) is 0 Å². The second-order valence-corrected chi connectivity index (χ2v) is 1.84. The molecule has 10 heteroatoms. The Labute approximate surface area is 65.9 Å². The number of alkyl halides is 6. The molecule has 0 saturated carbocycles. The van der Waals surface area contributed by atoms with Crippen molar-refractivity contribution in [1.82, 2.24) is 0 Å². The molecule has 0 aliphatic heterocycles. The summed E-state index contributed by atoms with van der Waals surface area (Å²) in [5.41, 5.74) is 0. The smallest absolute Gasteiger partial charge is 0.187 e. The van der Waals surface area contributed by atoms with Crippen molar-refractivity contribution in [2.75, 3.05) is 0 Å². The lowest BCUT2D eigenvalue weighted by molar-refractivity contribution is -0.303. The standard InChI is InChI=1S/C3F6N2O2/c4-1(5,2(6,7)10-12)3(8,9)11-13. The quantitative estimate of drug-likeness (QED) is 0.406. The van der Waals surface area contributed by atoms with Gasteiger partial charge in [-0.2, -0.15) is 26.3 Å². The van der Waals surface area contributed by atoms with Gasteiger partial charge >= 0.3 is 18.0 Å². The van der Waals surface area contributed by atoms with Crippen molar-refractivity contribution in [2.24, 2.45) is 10.4 Å². The van der Waals surface area contributed by atoms with Gasteiger partial charge in [0, 0.05) is 10.4 Å². The van der Waals surface area contributed by atoms with E-state index in [0.717, 1.165) is 0 Å². The minimum absolute atomic E-state index is 0.494. The van der Waals surface area contributed by atoms with Gasteiger partial charge in [-0.25, -0.2) is 0 Å². The van der Waals surface area contributed by atoms with Gasteiger partial charge in [0.1, 0.15) is 0 Å². The number of halogens is 6. The normalized spacial score (nSPS) is 14.0. The third-order valence-corrected chi connectivity index (χ3v) is 0.985. The molecule has 0 radical (unpaired) electrons. The SMILES string of the molecule is O=NC(F)(F)C(F)(F)C(F)(F)N=O. The van der Waals surface area contributed by atoms with E-state index >= 15 is 0 Å². The van der Waals surface area contributed by atoms with Gasteiger partial charge in [-0.05, 0) is 0 Å². The van der Waals surface area contributed by atoms with Crippen molar-refractivity contribution < 1.29 is 26.3 Å². The summed E-state index contributed by atoms with van der Waals surface area (Å²) in [7, 11) is 0. The molecule has 0 aromatic rings. The molecule has 0 heterocycles. The zero-order chi connectivity index (χ0) is 10.9. The van der Waals surface area contributed by atoms with Crippen LogP contribution in [0.4, 0.5) is 26.3 Å². The van der Waals surface area contributed by atoms with Crippen LogP contribution in [0.2, 0.25) is 0 Å². The van der Waals surface area contributed by atoms with Crippen LogP contribution in [0.5, 0.6) is 0 Å². The zero-order valence-corrected chi connectivity index (χ0v) is 5.48. The van der Waals surface area contributed by atoms with E-state index < -0.39 is 18.0 Å². The molecule has 76 valence electrons. The molecule has 0 bridgehead atoms. The summed E-state index contributed by atoms with van der Waals surface area (Å²) in [6.07, 6.45) is 0. The van der Waals surface area contributed by atoms with Gasteiger partial charge in [0.25, 0.3) is 0 Å². The van der Waals surface area contributed by atoms with Gasteiger partial charge in [0.2, 0.25) is 0 Å². The molecule has 0 aromatic carbocycles. The van der Waals surface area contributed by atoms with E-state index in [1.54, 1.807) is 0 Å². The van der Waals surface area contributed by atoms with Crippen molar-refractivity contribution >= 4 is 0 Å². The van der Waals surface area contributed by atoms with E-state index in [1.165, 1.54) is 0 Å². The maximum absolute atomic E-state index is 11.9. The molecule has 0 N–H and O–H groups in total. The minimum Gasteiger partial charge on any atom is -0.187 e. The number of nitroso groups, excluding NO2 is 2. The molecule has 4 nitrogen and oxygen atoms in total. The van der Waals surface area contributed by atoms with Crippen molar-refractivity contribution in [3.63, 3.8) is 0 Å². The van der Waals surface area contributed by atoms with Gasteiger partial charge in [-0.1, -0.05) is 0 Å². The largest absolute Gasteiger partial charge is 0.448 e. The van der Waals surface area contributed by atoms with Crippen molar-refractivity contribution in [3.05, 3.63) is 9.81 Å². The number of hydrogen-bond acceptors (Lipinski definition) is 4. The van der Waals surface area contributed by atoms with E-state index in [9.17, 15) is 26.3 Å². The molecule has 0 aromatic heterocycles. The molecule has 0 unspecified atom stereocenters. The highest BCUT2D eigenvalue weighted by molar-refractivity contribution is 4.92. The molecule has 0 fully saturated rings. The first kappa shape index (κ1) is 11.8. The fourth-order valence-corrected chi connectivity index (χ4v) is 0.296. The van der Waals surface area contributed by atoms with E-state index in [2.05, 4.69) is 0 Å². The first-order valence-corrected chi connectivity index (χ1v) is 2.45. The van der Waals surface area contributed by atoms with Crippen LogP contribution in [0.1, 0.15) is 0 Å². The first-order chi connectivity index (χ1) is 5.62. The highest BCUT2D eigenvalue weighted by Gasteiger charge is 2.75. The fourth-order valence-electron chi connectivity index (χ4n) is 0.296. The summed E-state index contributed by atoms with van der Waals surface area (Å²) in [5, 5.41) is 0.988. The summed E-state index contributed by atoms with van der Waals surface area (Å²) in [6, 6.07) is -11.8. The van der Waals surface area contributed by atoms with Crippen LogP contribution in [-0.2, 0) is 0 Å². The first-order valence-electron chi connectivity index (χ1n) is 2.45. The van der Waals surface area contributed by atoms with Gasteiger partial charge < -0.3 is 0 Å². The maximum Gasteiger partial charge on any atom is 0.448 e. The van der Waals surface area contributed by atoms with Crippen molar-refractivity contribution in [3.8, 4) is 0 Å². The lowest BCUT2D eigenvalue weighted by atomic mass is 10.2. The Balaban J connectivity index is 5.18. The number of hydrogen-bond donors (Lipinski definition) is 0. The predicted molar refractivity (Wildman–Crippen MR) is 26.4 cm³/mol. The highest BCUT2D eigenvalue weighted by atomic mass is 19.3. The van der Waals surface area contributed by atoms with Crippen LogP contribution in [0.3, 0.4) is 0 Å². The van der Waals surface area contributed by atoms with E-state index in [-0.39, 0.29) is 0 Å². The van der Waals surface area contributed by atoms with Crippen LogP contribution in [-0.4, -0.2) is 18.0 Å². The monoisotopic (exact) mass is 210 g/mol. The average Bonchev–Trinajstić information content (AvgIpc) is 2.03. The van der Waals surface area contributed by atoms with Crippen molar-refractivity contribution in [1.29, 1.82) is 0 Å². The Kier molecular flexibility index (Phi) is 2.65. The van der Waals surface area contributed by atoms with Gasteiger partial charge in [-0.15, -0.1) is 9.81 Å². The van der Waals surface area contributed by atoms with E-state index in [0.29, 0.717) is 10.4 Å². The number of nitrogens with zero attached hydrogens (tertiary/aromatic N) is 2. The third kappa shape index (κ3) is 1.60. The Morgan fingerprint density at radius 1 is 0.692 bits per heavy atom. The second kappa shape index (κ2) is 2.92. The summed E-state index contributed by atoms with van der Waals surface area (Å²) >= 11 is 0. The molecule has 0 atom stereocenters. The maximum atomic E-state index is 11.9. The molecule has 0 aliphatic rings. The lowest BCUT2D eigenvalue weighted by Gasteiger charge is -2.22. The van der Waals surface area contributed by atoms with Crippen LogP contribution >= 0.6 is 0 Å². The molecule has 0 spiro atoms. The van der Waals surface area contributed by atoms with E-state index in [4.69, 9.17) is 9.81 Å². The summed E-state index contributed by atoms with van der Waals surface area (Å²) in [6.45, 7) is 0. The minimum atomic E-state index is -6.23. The predicted octanol–water partition coefficient (Wildman–Crippen LogP) is 2.34. The Morgan fingerprint density at radius 2 is 0.923 bits per heavy atom. The lowest BCUT2D eigenvalue weighted by Crippen LogP contribution is -2.51. The van der Waals surface area contributed by atoms with Gasteiger partial charge in [0.15, 0.2) is 0 Å². The molecular weight excluding hydrogens is 210 g/mol. The summed E-state index contributed by atoms with van der Waals surface area (Å²) in [5.74, 6) is -6.23. The Hall–Kier alpha value is -1.22. The fraction of sp³-hybridized carbons (Fsp3) is 1.00. The van der Waals surface area contributed by atoms with Gasteiger partial charge in [-0.3, -0.25) is 0 Å². The number of rotatable bonds is 4. The summed E-state index contributed by atoms with van der Waals surface area (Å²) < 4.78 is 70.6. The molecule has 0 aliphatic carbocycles. The molecule has 0 saturated heterocycles. The molecular formula is C3F6N2O2. The van der Waals surface area contributed by atoms with Crippen LogP contribution in [0, 0.1) is 9.81 Å². The second-order valence-electron chi connectivity index (χ2n) is 1.84. The summed E-state index contributed by atoms with van der Waals surface area (Å²) in [4.78, 5) is 18.2. The molecule has 0 rings (SSSR count). The van der Waals surface area contributed by atoms with Crippen molar-refractivity contribution in [2.45, 2.75) is 18.0 Å². The average molecular weight is 210 g/mol. The topological polar surface area (TPSA) is 58.9 Å². The van der Waals surface area contributed by atoms with Gasteiger partial charge in [0.05, 0.1) is 0 Å². The van der Waals surface area contributed by atoms with Crippen LogP contribution < -0.4 is 0 Å². The Morgan fingerprint density at radius 3 is 1.08 bits per heavy atom.